The van der Waals surface area contributed by atoms with Crippen LogP contribution in [0.5, 0.6) is 0 Å². The van der Waals surface area contributed by atoms with Crippen LogP contribution >= 0.6 is 0 Å². The van der Waals surface area contributed by atoms with Crippen LogP contribution in [0, 0.1) is 40.4 Å². The second-order valence-corrected chi connectivity index (χ2v) is 15.8. The van der Waals surface area contributed by atoms with E-state index in [2.05, 4.69) is 6.92 Å². The van der Waals surface area contributed by atoms with Crippen molar-refractivity contribution in [2.75, 3.05) is 6.61 Å². The van der Waals surface area contributed by atoms with Gasteiger partial charge < -0.3 is 64.9 Å². The van der Waals surface area contributed by atoms with Crippen LogP contribution in [0.4, 0.5) is 0 Å². The van der Waals surface area contributed by atoms with Crippen LogP contribution in [0.3, 0.4) is 0 Å². The standard InChI is InChI=1S/C33H50O16/c1-32-8-7-13(47-31-25(41)21(37)23(39)27(49-31)29(44)45)9-12(32)3-4-14-15-5-6-16(33(15,2)10-17(34)19(14)32)18(35)11-46-30-24(40)20(36)22(38)26(48-30)28(42)43/h12-17,19-27,30-31,34,36-41H,3-11H2,1-2H3,(H,42,43)(H,44,45)/t12-,13-,14?,15?,16-,17?,19?,20+,21+,22+,23+,24-,25-,26+,27+,30?,31?,32+,33+/m1/s1. The van der Waals surface area contributed by atoms with E-state index >= 15 is 0 Å². The SMILES string of the molecule is C[C@]12CC(O)C3C(CC[C@@H]4C[C@H](OC5O[C@H](C(=O)O)[C@@H](O)[C@H](O)[C@H]5O)CC[C@]34C)C1CC[C@@H]2C(=O)COC1O[C@H](C(=O)O)[C@@H](O)[C@H](O)[C@H]1O. The zero-order chi connectivity index (χ0) is 35.7. The average Bonchev–Trinajstić information content (AvgIpc) is 3.39. The highest BCUT2D eigenvalue weighted by atomic mass is 16.7. The first-order chi connectivity index (χ1) is 23.0. The Balaban J connectivity index is 1.09. The van der Waals surface area contributed by atoms with Crippen molar-refractivity contribution in [2.24, 2.45) is 40.4 Å². The lowest BCUT2D eigenvalue weighted by molar-refractivity contribution is -0.310. The van der Waals surface area contributed by atoms with Gasteiger partial charge in [0.1, 0.15) is 43.2 Å². The molecule has 6 aliphatic rings. The van der Waals surface area contributed by atoms with Gasteiger partial charge in [-0.25, -0.2) is 9.59 Å². The van der Waals surface area contributed by atoms with E-state index in [4.69, 9.17) is 18.9 Å². The minimum Gasteiger partial charge on any atom is -0.479 e. The Morgan fingerprint density at radius 1 is 0.714 bits per heavy atom. The Hall–Kier alpha value is -1.83. The third-order valence-corrected chi connectivity index (χ3v) is 13.3. The molecule has 2 heterocycles. The maximum atomic E-state index is 13.6. The molecule has 0 aromatic heterocycles. The molecule has 6 rings (SSSR count). The van der Waals surface area contributed by atoms with E-state index in [1.54, 1.807) is 0 Å². The van der Waals surface area contributed by atoms with Gasteiger partial charge in [-0.2, -0.15) is 0 Å². The molecule has 6 unspecified atom stereocenters. The number of aliphatic carboxylic acids is 2. The molecule has 0 amide bonds. The summed E-state index contributed by atoms with van der Waals surface area (Å²) in [5.41, 5.74) is -0.781. The van der Waals surface area contributed by atoms with Crippen LogP contribution in [0.15, 0.2) is 0 Å². The predicted molar refractivity (Wildman–Crippen MR) is 161 cm³/mol. The molecule has 9 N–H and O–H groups in total. The summed E-state index contributed by atoms with van der Waals surface area (Å²) < 4.78 is 22.1. The van der Waals surface area contributed by atoms with Gasteiger partial charge in [-0.15, -0.1) is 0 Å². The van der Waals surface area contributed by atoms with Crippen molar-refractivity contribution in [2.45, 2.75) is 139 Å². The number of aliphatic hydroxyl groups is 7. The summed E-state index contributed by atoms with van der Waals surface area (Å²) in [6.45, 7) is 3.72. The molecule has 0 radical (unpaired) electrons. The number of carboxylic acid groups (broad SMARTS) is 2. The number of Topliss-reactive ketones (excluding diaryl/α,β-unsaturated/α-hetero) is 1. The quantitative estimate of drug-likeness (QED) is 0.129. The second-order valence-electron chi connectivity index (χ2n) is 15.8. The number of ether oxygens (including phenoxy) is 4. The van der Waals surface area contributed by atoms with Gasteiger partial charge >= 0.3 is 11.9 Å². The molecule has 2 aliphatic heterocycles. The summed E-state index contributed by atoms with van der Waals surface area (Å²) in [5.74, 6) is -3.34. The fraction of sp³-hybridized carbons (Fsp3) is 0.909. The maximum absolute atomic E-state index is 13.6. The Morgan fingerprint density at radius 3 is 1.92 bits per heavy atom. The molecule has 0 aromatic carbocycles. The minimum atomic E-state index is -1.87. The zero-order valence-corrected chi connectivity index (χ0v) is 27.6. The molecule has 4 saturated carbocycles. The van der Waals surface area contributed by atoms with E-state index < -0.39 is 103 Å². The van der Waals surface area contributed by atoms with Gasteiger partial charge in [-0.05, 0) is 85.9 Å². The van der Waals surface area contributed by atoms with Crippen molar-refractivity contribution in [3.05, 3.63) is 0 Å². The van der Waals surface area contributed by atoms with Gasteiger partial charge in [-0.3, -0.25) is 4.79 Å². The summed E-state index contributed by atoms with van der Waals surface area (Å²) in [6.07, 6.45) is -13.2. The van der Waals surface area contributed by atoms with E-state index in [1.165, 1.54) is 0 Å². The van der Waals surface area contributed by atoms with Crippen LogP contribution < -0.4 is 0 Å². The van der Waals surface area contributed by atoms with Crippen LogP contribution in [0.25, 0.3) is 0 Å². The van der Waals surface area contributed by atoms with Crippen molar-refractivity contribution < 1.29 is 79.3 Å². The number of aliphatic hydroxyl groups excluding tert-OH is 7. The maximum Gasteiger partial charge on any atom is 0.335 e. The molecule has 4 aliphatic carbocycles. The number of carboxylic acids is 2. The number of hydrogen-bond acceptors (Lipinski definition) is 14. The second kappa shape index (κ2) is 13.6. The van der Waals surface area contributed by atoms with Gasteiger partial charge in [-0.1, -0.05) is 13.8 Å². The number of rotatable bonds is 8. The zero-order valence-electron chi connectivity index (χ0n) is 27.6. The van der Waals surface area contributed by atoms with E-state index in [9.17, 15) is 60.3 Å². The number of ketones is 1. The highest BCUT2D eigenvalue weighted by molar-refractivity contribution is 5.83. The van der Waals surface area contributed by atoms with Gasteiger partial charge in [0.2, 0.25) is 0 Å². The Labute approximate surface area is 282 Å². The van der Waals surface area contributed by atoms with E-state index in [1.807, 2.05) is 6.92 Å². The number of fused-ring (bicyclic) bond motifs is 5. The largest absolute Gasteiger partial charge is 0.479 e. The molecule has 0 spiro atoms. The van der Waals surface area contributed by atoms with E-state index in [-0.39, 0.29) is 34.9 Å². The molecule has 16 heteroatoms. The molecule has 49 heavy (non-hydrogen) atoms. The van der Waals surface area contributed by atoms with Crippen molar-refractivity contribution in [3.63, 3.8) is 0 Å². The third kappa shape index (κ3) is 6.24. The lowest BCUT2D eigenvalue weighted by Crippen LogP contribution is -2.62. The summed E-state index contributed by atoms with van der Waals surface area (Å²) in [4.78, 5) is 36.6. The van der Waals surface area contributed by atoms with Crippen LogP contribution in [-0.2, 0) is 33.3 Å². The highest BCUT2D eigenvalue weighted by Gasteiger charge is 2.64. The van der Waals surface area contributed by atoms with E-state index in [0.717, 1.165) is 19.3 Å². The summed E-state index contributed by atoms with van der Waals surface area (Å²) in [7, 11) is 0. The monoisotopic (exact) mass is 702 g/mol. The fourth-order valence-corrected chi connectivity index (χ4v) is 10.8. The molecule has 16 nitrogen and oxygen atoms in total. The molecular weight excluding hydrogens is 652 g/mol. The lowest BCUT2D eigenvalue weighted by Gasteiger charge is -2.62. The molecule has 278 valence electrons. The predicted octanol–water partition coefficient (Wildman–Crippen LogP) is -1.63. The molecule has 6 fully saturated rings. The molecular formula is C33H50O16. The molecule has 0 bridgehead atoms. The number of carbonyl (C=O) groups is 3. The van der Waals surface area contributed by atoms with Crippen molar-refractivity contribution in [3.8, 4) is 0 Å². The van der Waals surface area contributed by atoms with Crippen LogP contribution in [0.1, 0.15) is 65.2 Å². The molecule has 19 atom stereocenters. The summed E-state index contributed by atoms with van der Waals surface area (Å²) in [6, 6.07) is 0. The fourth-order valence-electron chi connectivity index (χ4n) is 10.8. The van der Waals surface area contributed by atoms with Crippen molar-refractivity contribution in [1.29, 1.82) is 0 Å². The number of carbonyl (C=O) groups excluding carboxylic acids is 1. The Kier molecular flexibility index (Phi) is 10.3. The Bertz CT molecular complexity index is 1260. The smallest absolute Gasteiger partial charge is 0.335 e. The highest BCUT2D eigenvalue weighted by Crippen LogP contribution is 2.67. The third-order valence-electron chi connectivity index (χ3n) is 13.3. The van der Waals surface area contributed by atoms with Gasteiger partial charge in [0.15, 0.2) is 30.6 Å². The van der Waals surface area contributed by atoms with Crippen molar-refractivity contribution in [1.82, 2.24) is 0 Å². The summed E-state index contributed by atoms with van der Waals surface area (Å²) in [5, 5.41) is 91.6. The van der Waals surface area contributed by atoms with Gasteiger partial charge in [0.05, 0.1) is 12.2 Å². The Morgan fingerprint density at radius 2 is 1.31 bits per heavy atom. The first-order valence-corrected chi connectivity index (χ1v) is 17.3. The van der Waals surface area contributed by atoms with Crippen LogP contribution in [-0.4, -0.2) is 144 Å². The lowest BCUT2D eigenvalue weighted by atomic mass is 9.44. The normalized spacial score (nSPS) is 52.8. The van der Waals surface area contributed by atoms with Crippen LogP contribution in [0.2, 0.25) is 0 Å². The van der Waals surface area contributed by atoms with Gasteiger partial charge in [0.25, 0.3) is 0 Å². The first-order valence-electron chi connectivity index (χ1n) is 17.3. The van der Waals surface area contributed by atoms with Crippen molar-refractivity contribution >= 4 is 17.7 Å². The number of hydrogen-bond donors (Lipinski definition) is 9. The molecule has 2 saturated heterocycles. The van der Waals surface area contributed by atoms with Gasteiger partial charge in [0, 0.05) is 5.92 Å². The molecule has 0 aromatic rings. The minimum absolute atomic E-state index is 0.0353. The summed E-state index contributed by atoms with van der Waals surface area (Å²) >= 11 is 0. The topological polar surface area (TPSA) is 270 Å². The average molecular weight is 703 g/mol. The van der Waals surface area contributed by atoms with E-state index in [0.29, 0.717) is 32.1 Å². The first kappa shape index (κ1) is 36.9.